The molecule has 0 radical (unpaired) electrons. The second kappa shape index (κ2) is 8.76. The molecule has 0 fully saturated rings. The predicted octanol–water partition coefficient (Wildman–Crippen LogP) is 4.92. The number of carbonyl (C=O) groups excluding carboxylic acids is 1. The number of rotatable bonds is 6. The summed E-state index contributed by atoms with van der Waals surface area (Å²) in [6.07, 6.45) is 0. The molecule has 1 heterocycles. The van der Waals surface area contributed by atoms with Crippen molar-refractivity contribution >= 4 is 54.8 Å². The molecule has 0 aliphatic rings. The highest BCUT2D eigenvalue weighted by Gasteiger charge is 2.22. The summed E-state index contributed by atoms with van der Waals surface area (Å²) in [6.45, 7) is 1.48. The highest BCUT2D eigenvalue weighted by Crippen LogP contribution is 2.31. The van der Waals surface area contributed by atoms with Gasteiger partial charge in [-0.2, -0.15) is 4.72 Å². The van der Waals surface area contributed by atoms with Gasteiger partial charge in [-0.25, -0.2) is 13.4 Å². The van der Waals surface area contributed by atoms with Gasteiger partial charge in [-0.1, -0.05) is 41.9 Å². The molecular formula is C22H18ClN3O3S2. The molecule has 0 aliphatic carbocycles. The van der Waals surface area contributed by atoms with Crippen molar-refractivity contribution in [3.8, 4) is 10.6 Å². The number of nitrogens with zero attached hydrogens (tertiary/aromatic N) is 1. The van der Waals surface area contributed by atoms with Crippen LogP contribution in [0.4, 0.5) is 5.69 Å². The van der Waals surface area contributed by atoms with Crippen molar-refractivity contribution in [1.29, 1.82) is 0 Å². The molecule has 158 valence electrons. The number of para-hydroxylation sites is 1. The topological polar surface area (TPSA) is 88.2 Å². The third-order valence-corrected chi connectivity index (χ3v) is 7.36. The van der Waals surface area contributed by atoms with Gasteiger partial charge in [0.1, 0.15) is 5.01 Å². The standard InChI is InChI=1S/C22H18ClN3O3S2/c1-14(26-31(28,29)18-9-5-7-16(23)13-18)21(27)24-17-8-4-6-15(12-17)22-25-19-10-2-3-11-20(19)30-22/h2-14,26H,1H3,(H,24,27). The van der Waals surface area contributed by atoms with Gasteiger partial charge in [0.15, 0.2) is 0 Å². The Bertz CT molecular complexity index is 1340. The molecule has 1 unspecified atom stereocenters. The van der Waals surface area contributed by atoms with Crippen LogP contribution in [0.5, 0.6) is 0 Å². The zero-order valence-corrected chi connectivity index (χ0v) is 18.8. The van der Waals surface area contributed by atoms with E-state index in [9.17, 15) is 13.2 Å². The lowest BCUT2D eigenvalue weighted by atomic mass is 10.2. The van der Waals surface area contributed by atoms with Crippen LogP contribution < -0.4 is 10.0 Å². The molecule has 0 saturated heterocycles. The number of nitrogens with one attached hydrogen (secondary N) is 2. The summed E-state index contributed by atoms with van der Waals surface area (Å²) >= 11 is 7.44. The van der Waals surface area contributed by atoms with Gasteiger partial charge in [0, 0.05) is 16.3 Å². The molecule has 6 nitrogen and oxygen atoms in total. The Balaban J connectivity index is 1.49. The first-order chi connectivity index (χ1) is 14.8. The Morgan fingerprint density at radius 1 is 1.03 bits per heavy atom. The summed E-state index contributed by atoms with van der Waals surface area (Å²) in [4.78, 5) is 17.2. The molecule has 3 aromatic carbocycles. The summed E-state index contributed by atoms with van der Waals surface area (Å²) in [5.41, 5.74) is 2.34. The van der Waals surface area contributed by atoms with Gasteiger partial charge in [0.25, 0.3) is 0 Å². The van der Waals surface area contributed by atoms with Crippen molar-refractivity contribution in [2.75, 3.05) is 5.32 Å². The van der Waals surface area contributed by atoms with Gasteiger partial charge in [0.05, 0.1) is 21.2 Å². The molecule has 31 heavy (non-hydrogen) atoms. The molecule has 1 aromatic heterocycles. The number of amides is 1. The smallest absolute Gasteiger partial charge is 0.242 e. The van der Waals surface area contributed by atoms with Crippen LogP contribution in [0.25, 0.3) is 20.8 Å². The molecule has 1 amide bonds. The number of benzene rings is 3. The molecule has 9 heteroatoms. The van der Waals surface area contributed by atoms with Crippen molar-refractivity contribution in [1.82, 2.24) is 9.71 Å². The minimum absolute atomic E-state index is 0.00233. The zero-order chi connectivity index (χ0) is 22.0. The molecule has 0 spiro atoms. The van der Waals surface area contributed by atoms with Crippen molar-refractivity contribution in [2.45, 2.75) is 17.9 Å². The van der Waals surface area contributed by atoms with Gasteiger partial charge < -0.3 is 5.32 Å². The molecule has 4 aromatic rings. The Hall–Kier alpha value is -2.78. The number of fused-ring (bicyclic) bond motifs is 1. The third-order valence-electron chi connectivity index (χ3n) is 4.50. The van der Waals surface area contributed by atoms with E-state index >= 15 is 0 Å². The summed E-state index contributed by atoms with van der Waals surface area (Å²) in [5, 5.41) is 3.89. The van der Waals surface area contributed by atoms with E-state index in [1.165, 1.54) is 25.1 Å². The van der Waals surface area contributed by atoms with Gasteiger partial charge in [-0.05, 0) is 49.4 Å². The average Bonchev–Trinajstić information content (AvgIpc) is 3.18. The highest BCUT2D eigenvalue weighted by molar-refractivity contribution is 7.89. The second-order valence-corrected chi connectivity index (χ2v) is 10.0. The quantitative estimate of drug-likeness (QED) is 0.417. The fraction of sp³-hybridized carbons (Fsp3) is 0.0909. The van der Waals surface area contributed by atoms with Gasteiger partial charge in [-0.15, -0.1) is 11.3 Å². The third kappa shape index (κ3) is 4.94. The number of aromatic nitrogens is 1. The Morgan fingerprint density at radius 3 is 2.58 bits per heavy atom. The lowest BCUT2D eigenvalue weighted by molar-refractivity contribution is -0.117. The number of anilines is 1. The first kappa shape index (κ1) is 21.5. The van der Waals surface area contributed by atoms with E-state index in [0.717, 1.165) is 20.8 Å². The molecule has 0 saturated carbocycles. The maximum Gasteiger partial charge on any atom is 0.242 e. The van der Waals surface area contributed by atoms with Crippen molar-refractivity contribution in [2.24, 2.45) is 0 Å². The van der Waals surface area contributed by atoms with Gasteiger partial charge >= 0.3 is 0 Å². The van der Waals surface area contributed by atoms with Gasteiger partial charge in [-0.3, -0.25) is 4.79 Å². The Morgan fingerprint density at radius 2 is 1.81 bits per heavy atom. The highest BCUT2D eigenvalue weighted by atomic mass is 35.5. The Labute approximate surface area is 189 Å². The number of thiazole rings is 1. The number of halogens is 1. The molecule has 2 N–H and O–H groups in total. The predicted molar refractivity (Wildman–Crippen MR) is 125 cm³/mol. The lowest BCUT2D eigenvalue weighted by Crippen LogP contribution is -2.41. The SMILES string of the molecule is CC(NS(=O)(=O)c1cccc(Cl)c1)C(=O)Nc1cccc(-c2nc3ccccc3s2)c1. The van der Waals surface area contributed by atoms with Crippen molar-refractivity contribution < 1.29 is 13.2 Å². The fourth-order valence-corrected chi connectivity index (χ4v) is 5.43. The Kier molecular flexibility index (Phi) is 6.06. The largest absolute Gasteiger partial charge is 0.325 e. The summed E-state index contributed by atoms with van der Waals surface area (Å²) in [6, 6.07) is 20.0. The number of carbonyl (C=O) groups is 1. The average molecular weight is 472 g/mol. The van der Waals surface area contributed by atoms with Crippen LogP contribution in [0.3, 0.4) is 0 Å². The maximum absolute atomic E-state index is 12.6. The van der Waals surface area contributed by atoms with E-state index in [2.05, 4.69) is 15.0 Å². The van der Waals surface area contributed by atoms with E-state index in [1.807, 2.05) is 42.5 Å². The van der Waals surface area contributed by atoms with Crippen molar-refractivity contribution in [3.05, 3.63) is 77.8 Å². The first-order valence-electron chi connectivity index (χ1n) is 9.36. The van der Waals surface area contributed by atoms with Gasteiger partial charge in [0.2, 0.25) is 15.9 Å². The van der Waals surface area contributed by atoms with Crippen LogP contribution in [0.2, 0.25) is 5.02 Å². The molecule has 0 bridgehead atoms. The second-order valence-electron chi connectivity index (χ2n) is 6.86. The maximum atomic E-state index is 12.6. The van der Waals surface area contributed by atoms with E-state index in [0.29, 0.717) is 10.7 Å². The van der Waals surface area contributed by atoms with E-state index in [4.69, 9.17) is 11.6 Å². The van der Waals surface area contributed by atoms with Crippen LogP contribution in [-0.2, 0) is 14.8 Å². The molecule has 4 rings (SSSR count). The molecular weight excluding hydrogens is 454 g/mol. The fourth-order valence-electron chi connectivity index (χ4n) is 2.96. The van der Waals surface area contributed by atoms with E-state index in [1.54, 1.807) is 23.5 Å². The van der Waals surface area contributed by atoms with Crippen LogP contribution >= 0.6 is 22.9 Å². The summed E-state index contributed by atoms with van der Waals surface area (Å²) < 4.78 is 28.5. The number of hydrogen-bond acceptors (Lipinski definition) is 5. The van der Waals surface area contributed by atoms with Crippen LogP contribution in [0, 0.1) is 0 Å². The first-order valence-corrected chi connectivity index (χ1v) is 12.0. The summed E-state index contributed by atoms with van der Waals surface area (Å²) in [5.74, 6) is -0.480. The van der Waals surface area contributed by atoms with Crippen LogP contribution in [0.15, 0.2) is 77.7 Å². The summed E-state index contributed by atoms with van der Waals surface area (Å²) in [7, 11) is -3.89. The lowest BCUT2D eigenvalue weighted by Gasteiger charge is -2.15. The number of sulfonamides is 1. The van der Waals surface area contributed by atoms with E-state index in [-0.39, 0.29) is 4.90 Å². The number of hydrogen-bond donors (Lipinski definition) is 2. The van der Waals surface area contributed by atoms with Crippen molar-refractivity contribution in [3.63, 3.8) is 0 Å². The van der Waals surface area contributed by atoms with Crippen LogP contribution in [-0.4, -0.2) is 25.4 Å². The normalized spacial score (nSPS) is 12.6. The zero-order valence-electron chi connectivity index (χ0n) is 16.4. The minimum Gasteiger partial charge on any atom is -0.325 e. The van der Waals surface area contributed by atoms with E-state index < -0.39 is 22.0 Å². The molecule has 1 atom stereocenters. The molecule has 0 aliphatic heterocycles. The minimum atomic E-state index is -3.89. The van der Waals surface area contributed by atoms with Crippen LogP contribution in [0.1, 0.15) is 6.92 Å². The monoisotopic (exact) mass is 471 g/mol.